The number of ether oxygens (including phenoxy) is 3. The van der Waals surface area contributed by atoms with Crippen LogP contribution >= 0.6 is 0 Å². The SMILES string of the molecule is COc1cc(OC)cc(C(=O)N(Cc2cc3cc(OC)ccc3[nH]c2=O)C(C)C)c1. The van der Waals surface area contributed by atoms with Crippen molar-refractivity contribution < 1.29 is 19.0 Å². The number of aromatic nitrogens is 1. The third-order valence-corrected chi connectivity index (χ3v) is 4.95. The molecule has 1 aromatic heterocycles. The van der Waals surface area contributed by atoms with Crippen molar-refractivity contribution in [3.8, 4) is 17.2 Å². The number of hydrogen-bond donors (Lipinski definition) is 1. The van der Waals surface area contributed by atoms with Crippen LogP contribution in [0, 0.1) is 0 Å². The summed E-state index contributed by atoms with van der Waals surface area (Å²) in [7, 11) is 4.66. The molecule has 7 heteroatoms. The summed E-state index contributed by atoms with van der Waals surface area (Å²) in [5.41, 5.74) is 1.41. The van der Waals surface area contributed by atoms with Gasteiger partial charge in [0, 0.05) is 34.1 Å². The zero-order chi connectivity index (χ0) is 21.8. The maximum atomic E-state index is 13.3. The van der Waals surface area contributed by atoms with Gasteiger partial charge in [0.2, 0.25) is 0 Å². The van der Waals surface area contributed by atoms with E-state index in [9.17, 15) is 9.59 Å². The van der Waals surface area contributed by atoms with Crippen LogP contribution in [0.2, 0.25) is 0 Å². The van der Waals surface area contributed by atoms with Crippen molar-refractivity contribution >= 4 is 16.8 Å². The number of rotatable bonds is 7. The normalized spacial score (nSPS) is 10.9. The Morgan fingerprint density at radius 2 is 1.57 bits per heavy atom. The average molecular weight is 410 g/mol. The lowest BCUT2D eigenvalue weighted by atomic mass is 10.1. The van der Waals surface area contributed by atoms with Gasteiger partial charge in [0.1, 0.15) is 17.2 Å². The number of pyridine rings is 1. The van der Waals surface area contributed by atoms with Gasteiger partial charge in [-0.1, -0.05) is 0 Å². The molecule has 0 unspecified atom stereocenters. The molecule has 0 saturated heterocycles. The molecule has 1 amide bonds. The number of benzene rings is 2. The second kappa shape index (κ2) is 8.90. The first-order chi connectivity index (χ1) is 14.4. The third kappa shape index (κ3) is 4.40. The van der Waals surface area contributed by atoms with E-state index in [-0.39, 0.29) is 24.1 Å². The number of carbonyl (C=O) groups excluding carboxylic acids is 1. The fourth-order valence-corrected chi connectivity index (χ4v) is 3.24. The van der Waals surface area contributed by atoms with E-state index in [1.165, 1.54) is 14.2 Å². The van der Waals surface area contributed by atoms with Gasteiger partial charge in [0.25, 0.3) is 11.5 Å². The van der Waals surface area contributed by atoms with Gasteiger partial charge in [-0.05, 0) is 50.2 Å². The minimum absolute atomic E-state index is 0.130. The molecule has 7 nitrogen and oxygen atoms in total. The molecule has 2 aromatic carbocycles. The quantitative estimate of drug-likeness (QED) is 0.644. The van der Waals surface area contributed by atoms with Crippen molar-refractivity contribution in [2.45, 2.75) is 26.4 Å². The molecular formula is C23H26N2O5. The van der Waals surface area contributed by atoms with Crippen molar-refractivity contribution in [2.75, 3.05) is 21.3 Å². The highest BCUT2D eigenvalue weighted by Crippen LogP contribution is 2.25. The third-order valence-electron chi connectivity index (χ3n) is 4.95. The fraction of sp³-hybridized carbons (Fsp3) is 0.304. The van der Waals surface area contributed by atoms with Gasteiger partial charge in [-0.15, -0.1) is 0 Å². The van der Waals surface area contributed by atoms with Gasteiger partial charge in [0.05, 0.1) is 27.9 Å². The Hall–Kier alpha value is -3.48. The lowest BCUT2D eigenvalue weighted by molar-refractivity contribution is 0.0689. The summed E-state index contributed by atoms with van der Waals surface area (Å²) in [5.74, 6) is 1.53. The van der Waals surface area contributed by atoms with Crippen LogP contribution in [0.3, 0.4) is 0 Å². The summed E-state index contributed by atoms with van der Waals surface area (Å²) < 4.78 is 15.8. The van der Waals surface area contributed by atoms with E-state index >= 15 is 0 Å². The molecule has 0 aliphatic rings. The number of amides is 1. The van der Waals surface area contributed by atoms with E-state index in [0.29, 0.717) is 33.9 Å². The number of aromatic amines is 1. The number of carbonyl (C=O) groups is 1. The van der Waals surface area contributed by atoms with Crippen LogP contribution in [0.1, 0.15) is 29.8 Å². The molecule has 0 aliphatic heterocycles. The summed E-state index contributed by atoms with van der Waals surface area (Å²) in [6.45, 7) is 3.99. The van der Waals surface area contributed by atoms with E-state index in [2.05, 4.69) is 4.98 Å². The summed E-state index contributed by atoms with van der Waals surface area (Å²) >= 11 is 0. The van der Waals surface area contributed by atoms with Gasteiger partial charge in [-0.3, -0.25) is 9.59 Å². The van der Waals surface area contributed by atoms with E-state index < -0.39 is 0 Å². The highest BCUT2D eigenvalue weighted by molar-refractivity contribution is 5.95. The highest BCUT2D eigenvalue weighted by atomic mass is 16.5. The van der Waals surface area contributed by atoms with E-state index in [1.807, 2.05) is 19.9 Å². The summed E-state index contributed by atoms with van der Waals surface area (Å²) in [5, 5.41) is 0.836. The maximum absolute atomic E-state index is 13.3. The molecule has 3 aromatic rings. The summed E-state index contributed by atoms with van der Waals surface area (Å²) in [6.07, 6.45) is 0. The second-order valence-corrected chi connectivity index (χ2v) is 7.21. The van der Waals surface area contributed by atoms with Crippen LogP contribution in [0.4, 0.5) is 0 Å². The molecule has 0 fully saturated rings. The number of nitrogens with one attached hydrogen (secondary N) is 1. The summed E-state index contributed by atoms with van der Waals surface area (Å²) in [4.78, 5) is 30.4. The number of methoxy groups -OCH3 is 3. The average Bonchev–Trinajstić information content (AvgIpc) is 2.76. The smallest absolute Gasteiger partial charge is 0.254 e. The van der Waals surface area contributed by atoms with Crippen LogP contribution in [0.25, 0.3) is 10.9 Å². The van der Waals surface area contributed by atoms with E-state index in [0.717, 1.165) is 5.39 Å². The van der Waals surface area contributed by atoms with Gasteiger partial charge in [0.15, 0.2) is 0 Å². The van der Waals surface area contributed by atoms with Crippen molar-refractivity contribution in [3.63, 3.8) is 0 Å². The first kappa shape index (κ1) is 21.2. The molecule has 1 N–H and O–H groups in total. The Balaban J connectivity index is 1.99. The van der Waals surface area contributed by atoms with Crippen LogP contribution < -0.4 is 19.8 Å². The largest absolute Gasteiger partial charge is 0.497 e. The molecule has 0 radical (unpaired) electrons. The molecule has 0 saturated carbocycles. The molecule has 1 heterocycles. The van der Waals surface area contributed by atoms with Crippen molar-refractivity contribution in [2.24, 2.45) is 0 Å². The molecule has 0 atom stereocenters. The minimum atomic E-state index is -0.227. The second-order valence-electron chi connectivity index (χ2n) is 7.21. The van der Waals surface area contributed by atoms with Crippen molar-refractivity contribution in [1.82, 2.24) is 9.88 Å². The van der Waals surface area contributed by atoms with Gasteiger partial charge in [-0.25, -0.2) is 0 Å². The first-order valence-corrected chi connectivity index (χ1v) is 9.60. The Labute approximate surface area is 175 Å². The van der Waals surface area contributed by atoms with E-state index in [1.54, 1.807) is 48.4 Å². The Morgan fingerprint density at radius 1 is 0.933 bits per heavy atom. The molecule has 30 heavy (non-hydrogen) atoms. The van der Waals surface area contributed by atoms with Crippen molar-refractivity contribution in [3.05, 3.63) is 63.9 Å². The Bertz CT molecular complexity index is 1100. The maximum Gasteiger partial charge on any atom is 0.254 e. The zero-order valence-electron chi connectivity index (χ0n) is 17.8. The van der Waals surface area contributed by atoms with Crippen LogP contribution in [-0.2, 0) is 6.54 Å². The van der Waals surface area contributed by atoms with Gasteiger partial charge < -0.3 is 24.1 Å². The summed E-state index contributed by atoms with van der Waals surface area (Å²) in [6, 6.07) is 12.1. The predicted octanol–water partition coefficient (Wildman–Crippen LogP) is 3.60. The van der Waals surface area contributed by atoms with Gasteiger partial charge >= 0.3 is 0 Å². The topological polar surface area (TPSA) is 80.9 Å². The molecule has 0 aliphatic carbocycles. The number of H-pyrrole nitrogens is 1. The number of hydrogen-bond acceptors (Lipinski definition) is 5. The predicted molar refractivity (Wildman–Crippen MR) is 116 cm³/mol. The van der Waals surface area contributed by atoms with Crippen LogP contribution in [0.5, 0.6) is 17.2 Å². The fourth-order valence-electron chi connectivity index (χ4n) is 3.24. The van der Waals surface area contributed by atoms with Crippen LogP contribution in [-0.4, -0.2) is 43.2 Å². The molecular weight excluding hydrogens is 384 g/mol. The van der Waals surface area contributed by atoms with Crippen LogP contribution in [0.15, 0.2) is 47.3 Å². The van der Waals surface area contributed by atoms with E-state index in [4.69, 9.17) is 14.2 Å². The monoisotopic (exact) mass is 410 g/mol. The molecule has 158 valence electrons. The lowest BCUT2D eigenvalue weighted by Gasteiger charge is -2.27. The molecule has 0 bridgehead atoms. The number of nitrogens with zero attached hydrogens (tertiary/aromatic N) is 1. The highest BCUT2D eigenvalue weighted by Gasteiger charge is 2.22. The zero-order valence-corrected chi connectivity index (χ0v) is 17.8. The van der Waals surface area contributed by atoms with Crippen molar-refractivity contribution in [1.29, 1.82) is 0 Å². The lowest BCUT2D eigenvalue weighted by Crippen LogP contribution is -2.38. The molecule has 0 spiro atoms. The minimum Gasteiger partial charge on any atom is -0.497 e. The standard InChI is InChI=1S/C23H26N2O5/c1-14(2)25(23(27)16-10-19(29-4)12-20(11-16)30-5)13-17-8-15-9-18(28-3)6-7-21(15)24-22(17)26/h6-12,14H,13H2,1-5H3,(H,24,26). The Morgan fingerprint density at radius 3 is 2.13 bits per heavy atom. The first-order valence-electron chi connectivity index (χ1n) is 9.60. The number of fused-ring (bicyclic) bond motifs is 1. The molecule has 3 rings (SSSR count). The Kier molecular flexibility index (Phi) is 6.30. The van der Waals surface area contributed by atoms with Gasteiger partial charge in [-0.2, -0.15) is 0 Å².